The van der Waals surface area contributed by atoms with Crippen molar-refractivity contribution >= 4 is 29.9 Å². The summed E-state index contributed by atoms with van der Waals surface area (Å²) < 4.78 is 2.00. The van der Waals surface area contributed by atoms with Gasteiger partial charge in [-0.1, -0.05) is 12.1 Å². The van der Waals surface area contributed by atoms with Gasteiger partial charge in [-0.25, -0.2) is 4.98 Å². The number of benzene rings is 1. The highest BCUT2D eigenvalue weighted by atomic mass is 127. The number of guanidine groups is 1. The van der Waals surface area contributed by atoms with E-state index in [-0.39, 0.29) is 24.0 Å². The number of nitrogens with zero attached hydrogens (tertiary/aromatic N) is 4. The van der Waals surface area contributed by atoms with Gasteiger partial charge < -0.3 is 14.8 Å². The topological polar surface area (TPSA) is 45.5 Å². The maximum absolute atomic E-state index is 4.42. The summed E-state index contributed by atoms with van der Waals surface area (Å²) >= 11 is 0. The quantitative estimate of drug-likeness (QED) is 0.824. The molecule has 0 unspecified atom stereocenters. The minimum absolute atomic E-state index is 0. The van der Waals surface area contributed by atoms with Crippen LogP contribution in [0.3, 0.4) is 0 Å². The van der Waals surface area contributed by atoms with Gasteiger partial charge in [-0.2, -0.15) is 0 Å². The lowest BCUT2D eigenvalue weighted by molar-refractivity contribution is 0.534. The number of aliphatic imine (C=N–C) groups is 1. The highest BCUT2D eigenvalue weighted by Crippen LogP contribution is 2.10. The number of halogens is 1. The molecule has 1 N–H and O–H groups in total. The Morgan fingerprint density at radius 2 is 2.25 bits per heavy atom. The Bertz CT molecular complexity index is 579. The number of hydrogen-bond acceptors (Lipinski definition) is 4. The molecule has 0 bridgehead atoms. The van der Waals surface area contributed by atoms with Gasteiger partial charge in [0.1, 0.15) is 0 Å². The lowest BCUT2D eigenvalue weighted by atomic mass is 10.2. The zero-order valence-corrected chi connectivity index (χ0v) is 13.7. The summed E-state index contributed by atoms with van der Waals surface area (Å²) in [5, 5.41) is 3.37. The molecule has 0 atom stereocenters. The minimum Gasteiger partial charge on any atom is -0.352 e. The summed E-state index contributed by atoms with van der Waals surface area (Å²) in [7, 11) is 2.06. The fourth-order valence-corrected chi connectivity index (χ4v) is 2.14. The van der Waals surface area contributed by atoms with Crippen molar-refractivity contribution in [2.45, 2.75) is 6.54 Å². The average molecular weight is 383 g/mol. The Morgan fingerprint density at radius 3 is 2.95 bits per heavy atom. The zero-order valence-electron chi connectivity index (χ0n) is 11.4. The van der Waals surface area contributed by atoms with Crippen LogP contribution in [0.15, 0.2) is 48.0 Å². The molecule has 0 spiro atoms. The second-order valence-corrected chi connectivity index (χ2v) is 4.62. The molecular weight excluding hydrogens is 365 g/mol. The molecule has 0 aliphatic carbocycles. The normalized spacial score (nSPS) is 13.8. The van der Waals surface area contributed by atoms with E-state index in [1.807, 2.05) is 10.8 Å². The van der Waals surface area contributed by atoms with Crippen LogP contribution in [0.4, 0.5) is 0 Å². The van der Waals surface area contributed by atoms with Crippen molar-refractivity contribution in [3.05, 3.63) is 48.5 Å². The third-order valence-corrected chi connectivity index (χ3v) is 3.22. The zero-order chi connectivity index (χ0) is 13.1. The maximum atomic E-state index is 4.42. The predicted molar refractivity (Wildman–Crippen MR) is 90.8 cm³/mol. The molecule has 0 fully saturated rings. The summed E-state index contributed by atoms with van der Waals surface area (Å²) in [6.45, 7) is 2.66. The standard InChI is InChI=1S/C14H17N5.HI/c1-18-7-6-16-14(18)17-10-12-3-2-4-13(9-12)19-8-5-15-11-19;/h2-5,8-9,11H,6-7,10H2,1H3,(H,16,17);1H. The maximum Gasteiger partial charge on any atom is 0.194 e. The Labute approximate surface area is 135 Å². The van der Waals surface area contributed by atoms with Gasteiger partial charge in [0.15, 0.2) is 5.96 Å². The van der Waals surface area contributed by atoms with Crippen LogP contribution < -0.4 is 5.32 Å². The lowest BCUT2D eigenvalue weighted by Crippen LogP contribution is -2.35. The SMILES string of the molecule is CN1CCN=C1NCc1cccc(-n2ccnc2)c1.I. The second kappa shape index (κ2) is 6.74. The first-order valence-electron chi connectivity index (χ1n) is 6.40. The van der Waals surface area contributed by atoms with Crippen molar-refractivity contribution < 1.29 is 0 Å². The lowest BCUT2D eigenvalue weighted by Gasteiger charge is -2.15. The van der Waals surface area contributed by atoms with Crippen LogP contribution in [0.25, 0.3) is 5.69 Å². The summed E-state index contributed by atoms with van der Waals surface area (Å²) in [5.74, 6) is 0.980. The van der Waals surface area contributed by atoms with Crippen molar-refractivity contribution in [3.8, 4) is 5.69 Å². The van der Waals surface area contributed by atoms with E-state index in [4.69, 9.17) is 0 Å². The van der Waals surface area contributed by atoms with Gasteiger partial charge in [0.25, 0.3) is 0 Å². The van der Waals surface area contributed by atoms with Gasteiger partial charge in [0, 0.05) is 38.2 Å². The van der Waals surface area contributed by atoms with Gasteiger partial charge in [0.2, 0.25) is 0 Å². The number of hydrogen-bond donors (Lipinski definition) is 1. The van der Waals surface area contributed by atoms with Crippen LogP contribution in [0, 0.1) is 0 Å². The Morgan fingerprint density at radius 1 is 1.35 bits per heavy atom. The number of aromatic nitrogens is 2. The molecule has 3 rings (SSSR count). The fraction of sp³-hybridized carbons (Fsp3) is 0.286. The Balaban J connectivity index is 0.00000147. The van der Waals surface area contributed by atoms with Crippen molar-refractivity contribution in [2.75, 3.05) is 20.1 Å². The molecule has 1 aliphatic rings. The van der Waals surface area contributed by atoms with Crippen LogP contribution >= 0.6 is 24.0 Å². The largest absolute Gasteiger partial charge is 0.352 e. The van der Waals surface area contributed by atoms with Gasteiger partial charge in [-0.3, -0.25) is 4.99 Å². The van der Waals surface area contributed by atoms with E-state index in [9.17, 15) is 0 Å². The molecule has 0 amide bonds. The van der Waals surface area contributed by atoms with Crippen LogP contribution in [-0.2, 0) is 6.54 Å². The molecule has 0 radical (unpaired) electrons. The molecule has 1 aromatic heterocycles. The van der Waals surface area contributed by atoms with E-state index in [2.05, 4.69) is 51.5 Å². The van der Waals surface area contributed by atoms with E-state index < -0.39 is 0 Å². The van der Waals surface area contributed by atoms with Crippen LogP contribution in [-0.4, -0.2) is 40.5 Å². The molecule has 0 saturated carbocycles. The van der Waals surface area contributed by atoms with Crippen LogP contribution in [0.1, 0.15) is 5.56 Å². The molecule has 2 heterocycles. The molecule has 6 heteroatoms. The van der Waals surface area contributed by atoms with Gasteiger partial charge in [-0.05, 0) is 17.7 Å². The Hall–Kier alpha value is -1.57. The van der Waals surface area contributed by atoms with Crippen molar-refractivity contribution in [1.29, 1.82) is 0 Å². The van der Waals surface area contributed by atoms with E-state index >= 15 is 0 Å². The molecule has 2 aromatic rings. The summed E-state index contributed by atoms with van der Waals surface area (Å²) in [6, 6.07) is 8.41. The first kappa shape index (κ1) is 14.8. The van der Waals surface area contributed by atoms with Crippen LogP contribution in [0.2, 0.25) is 0 Å². The number of rotatable bonds is 3. The van der Waals surface area contributed by atoms with Crippen molar-refractivity contribution in [3.63, 3.8) is 0 Å². The number of imidazole rings is 1. The first-order chi connectivity index (χ1) is 9.33. The monoisotopic (exact) mass is 383 g/mol. The third kappa shape index (κ3) is 3.30. The minimum atomic E-state index is 0. The summed E-state index contributed by atoms with van der Waals surface area (Å²) in [6.07, 6.45) is 5.54. The van der Waals surface area contributed by atoms with Crippen molar-refractivity contribution in [2.24, 2.45) is 4.99 Å². The summed E-state index contributed by atoms with van der Waals surface area (Å²) in [4.78, 5) is 10.6. The van der Waals surface area contributed by atoms with Gasteiger partial charge in [-0.15, -0.1) is 24.0 Å². The molecule has 1 aliphatic heterocycles. The van der Waals surface area contributed by atoms with E-state index in [1.165, 1.54) is 5.56 Å². The van der Waals surface area contributed by atoms with E-state index in [0.717, 1.165) is 31.3 Å². The first-order valence-corrected chi connectivity index (χ1v) is 6.40. The smallest absolute Gasteiger partial charge is 0.194 e. The highest BCUT2D eigenvalue weighted by Gasteiger charge is 2.11. The molecule has 1 aromatic carbocycles. The number of nitrogens with one attached hydrogen (secondary N) is 1. The number of likely N-dealkylation sites (N-methyl/N-ethyl adjacent to an activating group) is 1. The van der Waals surface area contributed by atoms with Crippen LogP contribution in [0.5, 0.6) is 0 Å². The van der Waals surface area contributed by atoms with E-state index in [1.54, 1.807) is 12.5 Å². The molecule has 106 valence electrons. The molecule has 20 heavy (non-hydrogen) atoms. The molecule has 0 saturated heterocycles. The predicted octanol–water partition coefficient (Wildman–Crippen LogP) is 1.88. The van der Waals surface area contributed by atoms with Gasteiger partial charge in [0.05, 0.1) is 12.9 Å². The fourth-order valence-electron chi connectivity index (χ4n) is 2.14. The van der Waals surface area contributed by atoms with Gasteiger partial charge >= 0.3 is 0 Å². The highest BCUT2D eigenvalue weighted by molar-refractivity contribution is 14.0. The Kier molecular flexibility index (Phi) is 4.99. The molecule has 5 nitrogen and oxygen atoms in total. The van der Waals surface area contributed by atoms with Crippen molar-refractivity contribution in [1.82, 2.24) is 19.8 Å². The second-order valence-electron chi connectivity index (χ2n) is 4.62. The summed E-state index contributed by atoms with van der Waals surface area (Å²) in [5.41, 5.74) is 2.35. The molecular formula is C14H18IN5. The average Bonchev–Trinajstić information content (AvgIpc) is 3.08. The van der Waals surface area contributed by atoms with E-state index in [0.29, 0.717) is 0 Å². The third-order valence-electron chi connectivity index (χ3n) is 3.22.